The highest BCUT2D eigenvalue weighted by Crippen LogP contribution is 2.17. The average molecular weight is 1140 g/mol. The number of carbonyl (C=O) groups excluding carboxylic acids is 10. The van der Waals surface area contributed by atoms with Crippen molar-refractivity contribution in [3.63, 3.8) is 0 Å². The van der Waals surface area contributed by atoms with Crippen molar-refractivity contribution in [1.82, 2.24) is 47.9 Å². The highest BCUT2D eigenvalue weighted by Gasteiger charge is 2.40. The van der Waals surface area contributed by atoms with Crippen LogP contribution in [0.15, 0.2) is 0 Å². The van der Waals surface area contributed by atoms with Crippen LogP contribution in [0.25, 0.3) is 0 Å². The van der Waals surface area contributed by atoms with Crippen LogP contribution in [0.3, 0.4) is 0 Å². The van der Waals surface area contributed by atoms with Gasteiger partial charge >= 0.3 is 11.9 Å². The first kappa shape index (κ1) is 72.1. The van der Waals surface area contributed by atoms with E-state index in [1.165, 1.54) is 6.92 Å². The van der Waals surface area contributed by atoms with E-state index in [1.54, 1.807) is 69.2 Å². The van der Waals surface area contributed by atoms with Crippen molar-refractivity contribution in [3.05, 3.63) is 0 Å². The molecule has 25 nitrogen and oxygen atoms in total. The van der Waals surface area contributed by atoms with Crippen molar-refractivity contribution >= 4 is 65.1 Å². The number of hydrogen-bond acceptors (Lipinski definition) is 15. The lowest BCUT2D eigenvalue weighted by atomic mass is 9.96. The summed E-state index contributed by atoms with van der Waals surface area (Å²) < 4.78 is 5.82. The fourth-order valence-corrected chi connectivity index (χ4v) is 8.82. The highest BCUT2D eigenvalue weighted by molar-refractivity contribution is 5.99. The number of carboxylic acid groups (broad SMARTS) is 1. The molecular weight excluding hydrogens is 1040 g/mol. The molecule has 9 amide bonds. The zero-order valence-corrected chi connectivity index (χ0v) is 49.2. The molecule has 1 rings (SSSR count). The summed E-state index contributed by atoms with van der Waals surface area (Å²) >= 11 is 0. The lowest BCUT2D eigenvalue weighted by Crippen LogP contribution is -2.63. The molecule has 0 aliphatic carbocycles. The van der Waals surface area contributed by atoms with Gasteiger partial charge in [0.15, 0.2) is 0 Å². The predicted molar refractivity (Wildman–Crippen MR) is 295 cm³/mol. The molecule has 0 aromatic carbocycles. The van der Waals surface area contributed by atoms with Crippen molar-refractivity contribution in [2.45, 2.75) is 240 Å². The predicted octanol–water partition coefficient (Wildman–Crippen LogP) is 0.486. The number of carboxylic acids is 1. The van der Waals surface area contributed by atoms with Crippen LogP contribution in [0, 0.1) is 29.6 Å². The maximum absolute atomic E-state index is 14.8. The number of nitrogens with one attached hydrogen (secondary N) is 9. The number of aliphatic hydroxyl groups is 3. The fraction of sp³-hybridized carbons (Fsp3) is 0.800. The number of rotatable bonds is 28. The van der Waals surface area contributed by atoms with E-state index in [9.17, 15) is 73.2 Å². The second kappa shape index (κ2) is 37.1. The number of ether oxygens (including phenoxy) is 1. The van der Waals surface area contributed by atoms with E-state index in [-0.39, 0.29) is 62.2 Å². The Bertz CT molecular complexity index is 2040. The second-order valence-electron chi connectivity index (χ2n) is 22.9. The van der Waals surface area contributed by atoms with E-state index in [2.05, 4.69) is 54.8 Å². The Morgan fingerprint density at radius 3 is 1.51 bits per heavy atom. The van der Waals surface area contributed by atoms with Crippen LogP contribution in [0.1, 0.15) is 173 Å². The topological polar surface area (TPSA) is 386 Å². The summed E-state index contributed by atoms with van der Waals surface area (Å²) in [6.45, 7) is 18.6. The summed E-state index contributed by atoms with van der Waals surface area (Å²) in [5.74, 6) is -12.9. The molecule has 0 aromatic rings. The van der Waals surface area contributed by atoms with Gasteiger partial charge in [0.05, 0.1) is 25.7 Å². The van der Waals surface area contributed by atoms with Crippen molar-refractivity contribution in [1.29, 1.82) is 0 Å². The van der Waals surface area contributed by atoms with Gasteiger partial charge in [-0.1, -0.05) is 115 Å². The van der Waals surface area contributed by atoms with Crippen LogP contribution in [0.5, 0.6) is 0 Å². The van der Waals surface area contributed by atoms with Gasteiger partial charge in [0.2, 0.25) is 53.2 Å². The van der Waals surface area contributed by atoms with Crippen molar-refractivity contribution in [2.24, 2.45) is 29.6 Å². The Morgan fingerprint density at radius 2 is 1.04 bits per heavy atom. The van der Waals surface area contributed by atoms with Crippen molar-refractivity contribution in [2.75, 3.05) is 13.2 Å². The van der Waals surface area contributed by atoms with Crippen LogP contribution in [0.4, 0.5) is 0 Å². The van der Waals surface area contributed by atoms with Crippen molar-refractivity contribution < 1.29 is 77.9 Å². The number of cyclic esters (lactones) is 1. The van der Waals surface area contributed by atoms with Gasteiger partial charge in [-0.2, -0.15) is 0 Å². The Morgan fingerprint density at radius 1 is 0.562 bits per heavy atom. The van der Waals surface area contributed by atoms with Gasteiger partial charge in [-0.3, -0.25) is 47.9 Å². The summed E-state index contributed by atoms with van der Waals surface area (Å²) in [6, 6.07) is -14.1. The minimum absolute atomic E-state index is 0.00913. The van der Waals surface area contributed by atoms with Crippen LogP contribution < -0.4 is 47.9 Å². The maximum atomic E-state index is 14.8. The van der Waals surface area contributed by atoms with Crippen LogP contribution in [-0.4, -0.2) is 165 Å². The number of esters is 1. The summed E-state index contributed by atoms with van der Waals surface area (Å²) in [5.41, 5.74) is 0. The van der Waals surface area contributed by atoms with E-state index in [0.717, 1.165) is 25.7 Å². The number of hydrogen-bond donors (Lipinski definition) is 13. The van der Waals surface area contributed by atoms with Crippen LogP contribution in [0.2, 0.25) is 0 Å². The summed E-state index contributed by atoms with van der Waals surface area (Å²) in [7, 11) is 0. The molecule has 458 valence electrons. The van der Waals surface area contributed by atoms with Gasteiger partial charge in [-0.25, -0.2) is 4.79 Å². The Hall–Kier alpha value is -5.95. The number of aliphatic carboxylic acids is 1. The third-order valence-corrected chi connectivity index (χ3v) is 13.5. The third-order valence-electron chi connectivity index (χ3n) is 13.5. The molecule has 1 saturated heterocycles. The van der Waals surface area contributed by atoms with Gasteiger partial charge in [-0.15, -0.1) is 0 Å². The van der Waals surface area contributed by atoms with Gasteiger partial charge in [0.1, 0.15) is 60.5 Å². The molecule has 80 heavy (non-hydrogen) atoms. The Kier molecular flexibility index (Phi) is 33.5. The van der Waals surface area contributed by atoms with E-state index < -0.39 is 164 Å². The smallest absolute Gasteiger partial charge is 0.328 e. The first-order valence-electron chi connectivity index (χ1n) is 28.5. The van der Waals surface area contributed by atoms with Crippen LogP contribution >= 0.6 is 0 Å². The molecule has 0 aromatic heterocycles. The summed E-state index contributed by atoms with van der Waals surface area (Å²) in [5, 5.41) is 63.7. The molecule has 25 heteroatoms. The fourth-order valence-electron chi connectivity index (χ4n) is 8.82. The van der Waals surface area contributed by atoms with Crippen molar-refractivity contribution in [3.8, 4) is 0 Å². The molecule has 0 radical (unpaired) electrons. The molecule has 1 aliphatic rings. The molecule has 13 N–H and O–H groups in total. The number of amides is 9. The van der Waals surface area contributed by atoms with E-state index >= 15 is 0 Å². The Balaban J connectivity index is 4.03. The second-order valence-corrected chi connectivity index (χ2v) is 22.9. The van der Waals surface area contributed by atoms with E-state index in [1.807, 2.05) is 0 Å². The Labute approximate surface area is 471 Å². The minimum Gasteiger partial charge on any atom is -0.481 e. The molecule has 0 saturated carbocycles. The van der Waals surface area contributed by atoms with Gasteiger partial charge < -0.3 is 73.0 Å². The van der Waals surface area contributed by atoms with E-state index in [0.29, 0.717) is 12.8 Å². The molecule has 3 unspecified atom stereocenters. The molecule has 1 heterocycles. The number of aliphatic hydroxyl groups excluding tert-OH is 3. The average Bonchev–Trinajstić information content (AvgIpc) is 3.36. The molecule has 0 spiro atoms. The number of carbonyl (C=O) groups is 11. The molecular formula is C55H97N9O16. The summed E-state index contributed by atoms with van der Waals surface area (Å²) in [4.78, 5) is 152. The van der Waals surface area contributed by atoms with Crippen LogP contribution in [-0.2, 0) is 57.5 Å². The highest BCUT2D eigenvalue weighted by atomic mass is 16.5. The summed E-state index contributed by atoms with van der Waals surface area (Å²) in [6.07, 6.45) is 0.971. The zero-order valence-electron chi connectivity index (χ0n) is 49.2. The SMILES string of the molecule is CCCCCCC[C@@H](O)CC(=O)N[C@@H](CC(C)C)C(=O)N[C@H](CCC(=O)O)C(=O)NC1C(=O)NC([C@H](C)CC)C(=O)N[C@@H](CC(C)C)C(=O)N[C@H](CO)C(=O)N[C@@H](CC(C)C)C(=O)N[C@H](CO)C(=O)NC(CC(C)C)C(=O)O[C@@H]1C. The zero-order chi connectivity index (χ0) is 61.0. The minimum atomic E-state index is -1.95. The van der Waals surface area contributed by atoms with E-state index in [4.69, 9.17) is 4.74 Å². The number of unbranched alkanes of at least 4 members (excludes halogenated alkanes) is 4. The lowest BCUT2D eigenvalue weighted by Gasteiger charge is -2.32. The molecule has 1 aliphatic heterocycles. The lowest BCUT2D eigenvalue weighted by molar-refractivity contribution is -0.157. The third kappa shape index (κ3) is 27.0. The first-order chi connectivity index (χ1) is 37.5. The van der Waals surface area contributed by atoms with Gasteiger partial charge in [0.25, 0.3) is 0 Å². The molecule has 1 fully saturated rings. The standard InChI is InChI=1S/C55H97N9O16/c1-13-15-16-17-18-19-35(67)26-43(68)56-37(22-29(3)4)48(72)57-36(20-21-44(69)70)47(71)64-46-34(12)80-55(79)40(25-32(9)10)60-52(76)42(28-66)62-49(73)38(23-30(5)6)58-51(75)41(27-65)61-50(74)39(24-31(7)8)59-53(77)45(33(11)14-2)63-54(46)78/h29-42,45-46,65-67H,13-28H2,1-12H3,(H,56,68)(H,57,72)(H,58,75)(H,59,77)(H,60,76)(H,61,74)(H,62,73)(H,63,78)(H,64,71)(H,69,70)/t33-,34-,35-,36-,37+,38+,39+,40?,41-,42-,45?,46?/m1/s1. The maximum Gasteiger partial charge on any atom is 0.328 e. The first-order valence-corrected chi connectivity index (χ1v) is 28.5. The monoisotopic (exact) mass is 1140 g/mol. The largest absolute Gasteiger partial charge is 0.481 e. The molecule has 0 bridgehead atoms. The molecule has 12 atom stereocenters. The van der Waals surface area contributed by atoms with Gasteiger partial charge in [-0.05, 0) is 75.0 Å². The quantitative estimate of drug-likeness (QED) is 0.0374. The van der Waals surface area contributed by atoms with Gasteiger partial charge in [0, 0.05) is 6.42 Å². The normalized spacial score (nSPS) is 23.9.